The Morgan fingerprint density at radius 3 is 2.68 bits per heavy atom. The predicted molar refractivity (Wildman–Crippen MR) is 75.7 cm³/mol. The van der Waals surface area contributed by atoms with Gasteiger partial charge in [0.05, 0.1) is 12.5 Å². The third-order valence-electron chi connectivity index (χ3n) is 3.73. The van der Waals surface area contributed by atoms with Gasteiger partial charge in [0.25, 0.3) is 0 Å². The van der Waals surface area contributed by atoms with Crippen LogP contribution in [0.1, 0.15) is 39.5 Å². The van der Waals surface area contributed by atoms with Crippen LogP contribution >= 0.6 is 0 Å². The van der Waals surface area contributed by atoms with Crippen molar-refractivity contribution >= 4 is 11.8 Å². The third-order valence-corrected chi connectivity index (χ3v) is 3.73. The molecule has 0 saturated carbocycles. The van der Waals surface area contributed by atoms with Gasteiger partial charge in [0.15, 0.2) is 0 Å². The van der Waals surface area contributed by atoms with Crippen molar-refractivity contribution in [2.75, 3.05) is 26.7 Å². The van der Waals surface area contributed by atoms with Crippen LogP contribution in [0.5, 0.6) is 0 Å². The molecule has 5 heteroatoms. The van der Waals surface area contributed by atoms with E-state index < -0.39 is 0 Å². The largest absolute Gasteiger partial charge is 0.356 e. The van der Waals surface area contributed by atoms with Gasteiger partial charge in [-0.2, -0.15) is 0 Å². The van der Waals surface area contributed by atoms with Crippen molar-refractivity contribution in [3.05, 3.63) is 0 Å². The molecular formula is C14H27N3O2. The number of piperidine rings is 1. The number of unbranched alkanes of at least 4 members (excludes halogenated alkanes) is 1. The molecule has 2 amide bonds. The molecule has 1 aliphatic rings. The van der Waals surface area contributed by atoms with E-state index in [2.05, 4.69) is 24.5 Å². The zero-order valence-corrected chi connectivity index (χ0v) is 12.4. The quantitative estimate of drug-likeness (QED) is 0.700. The van der Waals surface area contributed by atoms with Gasteiger partial charge in [0.2, 0.25) is 11.8 Å². The zero-order valence-electron chi connectivity index (χ0n) is 12.4. The highest BCUT2D eigenvalue weighted by Crippen LogP contribution is 2.22. The van der Waals surface area contributed by atoms with E-state index in [1.165, 1.54) is 0 Å². The molecule has 1 heterocycles. The number of rotatable bonds is 6. The van der Waals surface area contributed by atoms with Gasteiger partial charge in [-0.25, -0.2) is 0 Å². The van der Waals surface area contributed by atoms with Crippen LogP contribution in [-0.2, 0) is 9.59 Å². The highest BCUT2D eigenvalue weighted by molar-refractivity contribution is 5.82. The fourth-order valence-corrected chi connectivity index (χ4v) is 2.45. The lowest BCUT2D eigenvalue weighted by molar-refractivity contribution is -0.137. The molecule has 1 rings (SSSR count). The molecule has 5 nitrogen and oxygen atoms in total. The lowest BCUT2D eigenvalue weighted by atomic mass is 9.92. The number of hydrogen-bond donors (Lipinski definition) is 2. The predicted octanol–water partition coefficient (Wildman–Crippen LogP) is 0.749. The summed E-state index contributed by atoms with van der Waals surface area (Å²) in [6, 6.07) is 0.237. The highest BCUT2D eigenvalue weighted by atomic mass is 16.2. The molecule has 110 valence electrons. The van der Waals surface area contributed by atoms with E-state index in [1.807, 2.05) is 4.90 Å². The summed E-state index contributed by atoms with van der Waals surface area (Å²) in [6.45, 7) is 5.80. The molecule has 1 aliphatic heterocycles. The lowest BCUT2D eigenvalue weighted by Crippen LogP contribution is -2.51. The number of amides is 2. The second-order valence-corrected chi connectivity index (χ2v) is 5.34. The van der Waals surface area contributed by atoms with Crippen molar-refractivity contribution in [2.24, 2.45) is 5.92 Å². The molecule has 0 aliphatic carbocycles. The Morgan fingerprint density at radius 2 is 2.05 bits per heavy atom. The monoisotopic (exact) mass is 269 g/mol. The molecule has 2 atom stereocenters. The van der Waals surface area contributed by atoms with Crippen LogP contribution in [0.3, 0.4) is 0 Å². The fraction of sp³-hybridized carbons (Fsp3) is 0.857. The molecule has 0 aromatic rings. The van der Waals surface area contributed by atoms with Crippen molar-refractivity contribution in [3.8, 4) is 0 Å². The van der Waals surface area contributed by atoms with E-state index in [0.29, 0.717) is 13.1 Å². The molecule has 2 N–H and O–H groups in total. The topological polar surface area (TPSA) is 61.4 Å². The normalized spacial score (nSPS) is 23.2. The van der Waals surface area contributed by atoms with Gasteiger partial charge < -0.3 is 15.5 Å². The van der Waals surface area contributed by atoms with E-state index in [4.69, 9.17) is 0 Å². The summed E-state index contributed by atoms with van der Waals surface area (Å²) in [4.78, 5) is 25.8. The van der Waals surface area contributed by atoms with Crippen LogP contribution in [0, 0.1) is 5.92 Å². The molecule has 19 heavy (non-hydrogen) atoms. The Bertz CT molecular complexity index is 307. The molecule has 0 aromatic heterocycles. The number of likely N-dealkylation sites (N-methyl/N-ethyl adjacent to an activating group) is 1. The number of nitrogens with zero attached hydrogens (tertiary/aromatic N) is 1. The third kappa shape index (κ3) is 4.82. The standard InChI is InChI=1S/C14H27N3O2/c1-4-5-8-16-14(19)12-7-6-11(2)17(10-12)13(18)9-15-3/h11-12,15H,4-10H2,1-3H3,(H,16,19). The SMILES string of the molecule is CCCCNC(=O)C1CCC(C)N(C(=O)CNC)C1. The molecule has 0 bridgehead atoms. The van der Waals surface area contributed by atoms with Gasteiger partial charge in [-0.1, -0.05) is 13.3 Å². The van der Waals surface area contributed by atoms with Crippen molar-refractivity contribution in [3.63, 3.8) is 0 Å². The van der Waals surface area contributed by atoms with Crippen molar-refractivity contribution < 1.29 is 9.59 Å². The smallest absolute Gasteiger partial charge is 0.236 e. The van der Waals surface area contributed by atoms with E-state index in [9.17, 15) is 9.59 Å². The summed E-state index contributed by atoms with van der Waals surface area (Å²) in [5.74, 6) is 0.137. The highest BCUT2D eigenvalue weighted by Gasteiger charge is 2.31. The van der Waals surface area contributed by atoms with Crippen LogP contribution < -0.4 is 10.6 Å². The maximum Gasteiger partial charge on any atom is 0.236 e. The van der Waals surface area contributed by atoms with Crippen LogP contribution in [0.4, 0.5) is 0 Å². The average molecular weight is 269 g/mol. The Morgan fingerprint density at radius 1 is 1.32 bits per heavy atom. The van der Waals surface area contributed by atoms with E-state index in [-0.39, 0.29) is 23.8 Å². The summed E-state index contributed by atoms with van der Waals surface area (Å²) in [5.41, 5.74) is 0. The minimum Gasteiger partial charge on any atom is -0.356 e. The first kappa shape index (κ1) is 16.0. The first-order chi connectivity index (χ1) is 9.10. The summed E-state index contributed by atoms with van der Waals surface area (Å²) >= 11 is 0. The second kappa shape index (κ2) is 8.15. The van der Waals surface area contributed by atoms with E-state index >= 15 is 0 Å². The minimum absolute atomic E-state index is 0.0473. The van der Waals surface area contributed by atoms with Gasteiger partial charge in [0.1, 0.15) is 0 Å². The minimum atomic E-state index is -0.0473. The average Bonchev–Trinajstić information content (AvgIpc) is 2.39. The van der Waals surface area contributed by atoms with Gasteiger partial charge in [-0.3, -0.25) is 9.59 Å². The number of likely N-dealkylation sites (tertiary alicyclic amines) is 1. The molecule has 0 aromatic carbocycles. The fourth-order valence-electron chi connectivity index (χ4n) is 2.45. The van der Waals surface area contributed by atoms with Crippen molar-refractivity contribution in [1.82, 2.24) is 15.5 Å². The molecule has 2 unspecified atom stereocenters. The number of nitrogens with one attached hydrogen (secondary N) is 2. The molecular weight excluding hydrogens is 242 g/mol. The summed E-state index contributed by atoms with van der Waals surface area (Å²) in [5, 5.41) is 5.85. The Labute approximate surface area is 116 Å². The van der Waals surface area contributed by atoms with E-state index in [0.717, 1.165) is 32.2 Å². The molecule has 0 spiro atoms. The second-order valence-electron chi connectivity index (χ2n) is 5.34. The maximum atomic E-state index is 12.0. The Hall–Kier alpha value is -1.10. The van der Waals surface area contributed by atoms with Crippen LogP contribution in [0.25, 0.3) is 0 Å². The molecule has 1 saturated heterocycles. The zero-order chi connectivity index (χ0) is 14.3. The number of carbonyl (C=O) groups is 2. The van der Waals surface area contributed by atoms with Gasteiger partial charge >= 0.3 is 0 Å². The lowest BCUT2D eigenvalue weighted by Gasteiger charge is -2.37. The molecule has 1 fully saturated rings. The Balaban J connectivity index is 2.49. The summed E-state index contributed by atoms with van der Waals surface area (Å²) in [6.07, 6.45) is 3.87. The summed E-state index contributed by atoms with van der Waals surface area (Å²) in [7, 11) is 1.77. The van der Waals surface area contributed by atoms with Gasteiger partial charge in [-0.15, -0.1) is 0 Å². The van der Waals surface area contributed by atoms with Crippen LogP contribution in [0.2, 0.25) is 0 Å². The number of carbonyl (C=O) groups excluding carboxylic acids is 2. The van der Waals surface area contributed by atoms with Gasteiger partial charge in [0, 0.05) is 19.1 Å². The molecule has 0 radical (unpaired) electrons. The van der Waals surface area contributed by atoms with E-state index in [1.54, 1.807) is 7.05 Å². The van der Waals surface area contributed by atoms with Gasteiger partial charge in [-0.05, 0) is 33.2 Å². The Kier molecular flexibility index (Phi) is 6.84. The van der Waals surface area contributed by atoms with Crippen molar-refractivity contribution in [2.45, 2.75) is 45.6 Å². The first-order valence-electron chi connectivity index (χ1n) is 7.31. The first-order valence-corrected chi connectivity index (χ1v) is 7.31. The summed E-state index contributed by atoms with van der Waals surface area (Å²) < 4.78 is 0. The number of hydrogen-bond acceptors (Lipinski definition) is 3. The van der Waals surface area contributed by atoms with Crippen LogP contribution in [-0.4, -0.2) is 49.4 Å². The van der Waals surface area contributed by atoms with Crippen molar-refractivity contribution in [1.29, 1.82) is 0 Å². The maximum absolute atomic E-state index is 12.0. The van der Waals surface area contributed by atoms with Crippen LogP contribution in [0.15, 0.2) is 0 Å².